The number of nitrogens with one attached hydrogen (secondary N) is 2. The highest BCUT2D eigenvalue weighted by atomic mass is 32.1. The van der Waals surface area contributed by atoms with Gasteiger partial charge in [0.2, 0.25) is 0 Å². The molecule has 2 N–H and O–H groups in total. The normalized spacial score (nSPS) is 9.83. The minimum atomic E-state index is -0.653. The van der Waals surface area contributed by atoms with Crippen molar-refractivity contribution in [1.29, 1.82) is 0 Å². The number of amides is 3. The van der Waals surface area contributed by atoms with Crippen LogP contribution in [0.25, 0.3) is 0 Å². The number of anilines is 1. The van der Waals surface area contributed by atoms with Crippen LogP contribution in [0.2, 0.25) is 0 Å². The van der Waals surface area contributed by atoms with Gasteiger partial charge in [-0.1, -0.05) is 6.07 Å². The van der Waals surface area contributed by atoms with Gasteiger partial charge in [0.25, 0.3) is 5.91 Å². The first-order valence-corrected chi connectivity index (χ1v) is 5.94. The molecule has 0 bridgehead atoms. The van der Waals surface area contributed by atoms with Gasteiger partial charge in [-0.3, -0.25) is 10.1 Å². The van der Waals surface area contributed by atoms with Crippen LogP contribution >= 0.6 is 11.3 Å². The van der Waals surface area contributed by atoms with Crippen LogP contribution in [0.3, 0.4) is 0 Å². The van der Waals surface area contributed by atoms with Gasteiger partial charge in [-0.15, -0.1) is 11.3 Å². The highest BCUT2D eigenvalue weighted by Gasteiger charge is 2.10. The van der Waals surface area contributed by atoms with Crippen LogP contribution in [0, 0.1) is 5.82 Å². The first-order chi connectivity index (χ1) is 8.65. The number of urea groups is 1. The smallest absolute Gasteiger partial charge is 0.308 e. The Morgan fingerprint density at radius 2 is 1.83 bits per heavy atom. The second-order valence-corrected chi connectivity index (χ2v) is 4.34. The van der Waals surface area contributed by atoms with Crippen LogP contribution in [0.1, 0.15) is 9.67 Å². The van der Waals surface area contributed by atoms with Gasteiger partial charge in [0.1, 0.15) is 5.82 Å². The Labute approximate surface area is 106 Å². The summed E-state index contributed by atoms with van der Waals surface area (Å²) in [6, 6.07) is 7.94. The maximum Gasteiger partial charge on any atom is 0.326 e. The summed E-state index contributed by atoms with van der Waals surface area (Å²) in [6.07, 6.45) is 0. The van der Waals surface area contributed by atoms with Gasteiger partial charge in [0, 0.05) is 5.69 Å². The fraction of sp³-hybridized carbons (Fsp3) is 0. The molecule has 0 spiro atoms. The van der Waals surface area contributed by atoms with Crippen LogP contribution < -0.4 is 10.6 Å². The molecule has 0 radical (unpaired) electrons. The largest absolute Gasteiger partial charge is 0.326 e. The van der Waals surface area contributed by atoms with Crippen molar-refractivity contribution in [3.05, 3.63) is 52.5 Å². The third-order valence-electron chi connectivity index (χ3n) is 2.07. The number of halogens is 1. The molecule has 2 rings (SSSR count). The average Bonchev–Trinajstić information content (AvgIpc) is 2.85. The molecule has 1 aromatic carbocycles. The van der Waals surface area contributed by atoms with Gasteiger partial charge in [-0.2, -0.15) is 0 Å². The Morgan fingerprint density at radius 1 is 1.11 bits per heavy atom. The van der Waals surface area contributed by atoms with Crippen molar-refractivity contribution in [3.63, 3.8) is 0 Å². The Morgan fingerprint density at radius 3 is 2.44 bits per heavy atom. The van der Waals surface area contributed by atoms with Crippen molar-refractivity contribution >= 4 is 29.0 Å². The molecule has 0 fully saturated rings. The molecule has 18 heavy (non-hydrogen) atoms. The minimum absolute atomic E-state index is 0.393. The lowest BCUT2D eigenvalue weighted by Crippen LogP contribution is -2.33. The standard InChI is InChI=1S/C12H9FN2O2S/c13-8-3-5-9(6-4-8)14-12(17)15-11(16)10-2-1-7-18-10/h1-7H,(H2,14,15,16,17). The summed E-state index contributed by atoms with van der Waals surface area (Å²) >= 11 is 1.24. The first-order valence-electron chi connectivity index (χ1n) is 5.06. The Kier molecular flexibility index (Phi) is 3.69. The van der Waals surface area contributed by atoms with Gasteiger partial charge in [0.15, 0.2) is 0 Å². The van der Waals surface area contributed by atoms with Crippen LogP contribution in [0.15, 0.2) is 41.8 Å². The van der Waals surface area contributed by atoms with Crippen molar-refractivity contribution in [2.75, 3.05) is 5.32 Å². The molecule has 1 heterocycles. The Bertz CT molecular complexity index is 552. The molecule has 0 aliphatic heterocycles. The van der Waals surface area contributed by atoms with E-state index in [0.29, 0.717) is 10.6 Å². The minimum Gasteiger partial charge on any atom is -0.308 e. The van der Waals surface area contributed by atoms with E-state index in [1.807, 2.05) is 0 Å². The molecule has 92 valence electrons. The summed E-state index contributed by atoms with van der Waals surface area (Å²) in [5.74, 6) is -0.861. The third-order valence-corrected chi connectivity index (χ3v) is 2.94. The average molecular weight is 264 g/mol. The number of imide groups is 1. The van der Waals surface area contributed by atoms with Crippen molar-refractivity contribution in [3.8, 4) is 0 Å². The highest BCUT2D eigenvalue weighted by Crippen LogP contribution is 2.09. The Hall–Kier alpha value is -2.21. The number of thiophene rings is 1. The summed E-state index contributed by atoms with van der Waals surface area (Å²) in [5, 5.41) is 6.35. The van der Waals surface area contributed by atoms with Crippen molar-refractivity contribution < 1.29 is 14.0 Å². The molecule has 0 atom stereocenters. The van der Waals surface area contributed by atoms with E-state index in [0.717, 1.165) is 0 Å². The predicted molar refractivity (Wildman–Crippen MR) is 67.2 cm³/mol. The van der Waals surface area contributed by atoms with E-state index in [2.05, 4.69) is 10.6 Å². The van der Waals surface area contributed by atoms with E-state index in [-0.39, 0.29) is 0 Å². The van der Waals surface area contributed by atoms with Gasteiger partial charge in [-0.25, -0.2) is 9.18 Å². The van der Waals surface area contributed by atoms with E-state index in [1.165, 1.54) is 35.6 Å². The molecule has 6 heteroatoms. The quantitative estimate of drug-likeness (QED) is 0.876. The number of rotatable bonds is 2. The number of hydrogen-bond donors (Lipinski definition) is 2. The zero-order valence-corrected chi connectivity index (χ0v) is 9.96. The monoisotopic (exact) mass is 264 g/mol. The Balaban J connectivity index is 1.93. The fourth-order valence-electron chi connectivity index (χ4n) is 1.27. The van der Waals surface area contributed by atoms with E-state index < -0.39 is 17.8 Å². The van der Waals surface area contributed by atoms with E-state index in [9.17, 15) is 14.0 Å². The van der Waals surface area contributed by atoms with Gasteiger partial charge >= 0.3 is 6.03 Å². The number of benzene rings is 1. The predicted octanol–water partition coefficient (Wildman–Crippen LogP) is 2.85. The SMILES string of the molecule is O=C(NC(=O)c1cccs1)Nc1ccc(F)cc1. The van der Waals surface area contributed by atoms with E-state index in [1.54, 1.807) is 17.5 Å². The molecule has 0 saturated heterocycles. The van der Waals surface area contributed by atoms with Crippen molar-refractivity contribution in [2.45, 2.75) is 0 Å². The van der Waals surface area contributed by atoms with Gasteiger partial charge in [-0.05, 0) is 35.7 Å². The first kappa shape index (κ1) is 12.3. The second kappa shape index (κ2) is 5.42. The molecule has 4 nitrogen and oxygen atoms in total. The molecular weight excluding hydrogens is 255 g/mol. The van der Waals surface area contributed by atoms with Crippen LogP contribution in [0.4, 0.5) is 14.9 Å². The third kappa shape index (κ3) is 3.14. The number of carbonyl (C=O) groups excluding carboxylic acids is 2. The number of carbonyl (C=O) groups is 2. The maximum absolute atomic E-state index is 12.6. The molecule has 0 unspecified atom stereocenters. The summed E-state index contributed by atoms with van der Waals surface area (Å²) in [6.45, 7) is 0. The summed E-state index contributed by atoms with van der Waals surface area (Å²) in [7, 11) is 0. The molecule has 3 amide bonds. The summed E-state index contributed by atoms with van der Waals surface area (Å²) in [4.78, 5) is 23.5. The van der Waals surface area contributed by atoms with Crippen molar-refractivity contribution in [1.82, 2.24) is 5.32 Å². The van der Waals surface area contributed by atoms with Gasteiger partial charge < -0.3 is 5.32 Å². The molecular formula is C12H9FN2O2S. The van der Waals surface area contributed by atoms with Gasteiger partial charge in [0.05, 0.1) is 4.88 Å². The maximum atomic E-state index is 12.6. The molecule has 0 aliphatic carbocycles. The molecule has 0 aliphatic rings. The van der Waals surface area contributed by atoms with E-state index in [4.69, 9.17) is 0 Å². The number of hydrogen-bond acceptors (Lipinski definition) is 3. The highest BCUT2D eigenvalue weighted by molar-refractivity contribution is 7.12. The lowest BCUT2D eigenvalue weighted by molar-refractivity contribution is 0.0971. The lowest BCUT2D eigenvalue weighted by Gasteiger charge is -2.05. The summed E-state index contributed by atoms with van der Waals surface area (Å²) in [5.41, 5.74) is 0.410. The zero-order valence-electron chi connectivity index (χ0n) is 9.14. The zero-order chi connectivity index (χ0) is 13.0. The molecule has 2 aromatic rings. The molecule has 0 saturated carbocycles. The van der Waals surface area contributed by atoms with E-state index >= 15 is 0 Å². The van der Waals surface area contributed by atoms with Crippen LogP contribution in [-0.4, -0.2) is 11.9 Å². The molecule has 1 aromatic heterocycles. The van der Waals surface area contributed by atoms with Crippen LogP contribution in [0.5, 0.6) is 0 Å². The summed E-state index contributed by atoms with van der Waals surface area (Å²) < 4.78 is 12.6. The topological polar surface area (TPSA) is 58.2 Å². The van der Waals surface area contributed by atoms with Crippen LogP contribution in [-0.2, 0) is 0 Å². The fourth-order valence-corrected chi connectivity index (χ4v) is 1.89. The lowest BCUT2D eigenvalue weighted by atomic mass is 10.3. The second-order valence-electron chi connectivity index (χ2n) is 3.39. The van der Waals surface area contributed by atoms with Crippen molar-refractivity contribution in [2.24, 2.45) is 0 Å².